The zero-order valence-corrected chi connectivity index (χ0v) is 16.2. The number of benzene rings is 1. The van der Waals surface area contributed by atoms with Crippen molar-refractivity contribution in [3.63, 3.8) is 0 Å². The van der Waals surface area contributed by atoms with E-state index in [1.165, 1.54) is 0 Å². The van der Waals surface area contributed by atoms with Gasteiger partial charge in [-0.1, -0.05) is 32.1 Å². The average molecular weight is 370 g/mol. The van der Waals surface area contributed by atoms with Crippen molar-refractivity contribution in [2.45, 2.75) is 32.6 Å². The van der Waals surface area contributed by atoms with Crippen LogP contribution in [0, 0.1) is 16.7 Å². The Morgan fingerprint density at radius 2 is 1.88 bits per heavy atom. The van der Waals surface area contributed by atoms with E-state index in [1.54, 1.807) is 20.3 Å². The second kappa shape index (κ2) is 6.78. The molecule has 1 aromatic carbocycles. The summed E-state index contributed by atoms with van der Waals surface area (Å²) in [7, 11) is 3.15. The molecule has 0 saturated heterocycles. The maximum absolute atomic E-state index is 13.0. The van der Waals surface area contributed by atoms with Crippen molar-refractivity contribution in [1.82, 2.24) is 0 Å². The van der Waals surface area contributed by atoms with Gasteiger partial charge in [0.15, 0.2) is 11.5 Å². The van der Waals surface area contributed by atoms with Gasteiger partial charge in [0.2, 0.25) is 0 Å². The summed E-state index contributed by atoms with van der Waals surface area (Å²) in [6.45, 7) is 4.14. The molecule has 26 heavy (non-hydrogen) atoms. The van der Waals surface area contributed by atoms with Gasteiger partial charge in [-0.25, -0.2) is 4.99 Å². The molecule has 2 atom stereocenters. The Hall–Kier alpha value is -2.30. The number of methoxy groups -OCH3 is 2. The van der Waals surface area contributed by atoms with E-state index in [9.17, 15) is 4.79 Å². The van der Waals surface area contributed by atoms with Crippen LogP contribution in [-0.2, 0) is 4.79 Å². The SMILES string of the molecule is COc1ccc([C@@H]2C(=C=N)C(=S)N=C3CC(C)(C)CC(=O)C32)cc1OC. The molecule has 1 N–H and O–H groups in total. The van der Waals surface area contributed by atoms with Gasteiger partial charge in [0.1, 0.15) is 10.8 Å². The quantitative estimate of drug-likeness (QED) is 0.500. The van der Waals surface area contributed by atoms with Gasteiger partial charge in [-0.15, -0.1) is 0 Å². The lowest BCUT2D eigenvalue weighted by Crippen LogP contribution is -2.44. The molecule has 3 rings (SSSR count). The number of hydrogen-bond donors (Lipinski definition) is 1. The van der Waals surface area contributed by atoms with Gasteiger partial charge in [0, 0.05) is 18.1 Å². The Morgan fingerprint density at radius 3 is 2.50 bits per heavy atom. The monoisotopic (exact) mass is 370 g/mol. The van der Waals surface area contributed by atoms with Crippen molar-refractivity contribution in [1.29, 1.82) is 5.41 Å². The Kier molecular flexibility index (Phi) is 4.82. The van der Waals surface area contributed by atoms with E-state index in [0.717, 1.165) is 17.7 Å². The Balaban J connectivity index is 2.15. The maximum Gasteiger partial charge on any atom is 0.161 e. The fourth-order valence-electron chi connectivity index (χ4n) is 3.94. The van der Waals surface area contributed by atoms with Crippen LogP contribution in [0.3, 0.4) is 0 Å². The topological polar surface area (TPSA) is 71.7 Å². The van der Waals surface area contributed by atoms with Gasteiger partial charge in [0.25, 0.3) is 0 Å². The Bertz CT molecular complexity index is 866. The molecule has 1 saturated carbocycles. The minimum Gasteiger partial charge on any atom is -0.493 e. The van der Waals surface area contributed by atoms with E-state index >= 15 is 0 Å². The highest BCUT2D eigenvalue weighted by atomic mass is 32.1. The first kappa shape index (κ1) is 18.5. The van der Waals surface area contributed by atoms with Crippen LogP contribution in [0.25, 0.3) is 0 Å². The first-order chi connectivity index (χ1) is 12.3. The molecule has 1 fully saturated rings. The zero-order valence-electron chi connectivity index (χ0n) is 15.4. The van der Waals surface area contributed by atoms with Crippen LogP contribution in [0.2, 0.25) is 0 Å². The lowest BCUT2D eigenvalue weighted by molar-refractivity contribution is -0.124. The lowest BCUT2D eigenvalue weighted by Gasteiger charge is -2.40. The highest BCUT2D eigenvalue weighted by Gasteiger charge is 2.47. The Labute approximate surface area is 158 Å². The van der Waals surface area contributed by atoms with Gasteiger partial charge in [-0.05, 0) is 35.4 Å². The standard InChI is InChI=1S/C20H22N2O3S/c1-20(2)8-13-18(14(23)9-20)17(12(10-21)19(26)22-13)11-5-6-15(24-3)16(7-11)25-4/h5-7,17-18,21H,8-9H2,1-4H3/t17-,18?/m1/s1. The van der Waals surface area contributed by atoms with Gasteiger partial charge in [-0.2, -0.15) is 0 Å². The number of fused-ring (bicyclic) bond motifs is 1. The lowest BCUT2D eigenvalue weighted by atomic mass is 9.63. The molecule has 1 aliphatic carbocycles. The second-order valence-electron chi connectivity index (χ2n) is 7.50. The van der Waals surface area contributed by atoms with Gasteiger partial charge >= 0.3 is 0 Å². The number of carbonyl (C=O) groups excluding carboxylic acids is 1. The highest BCUT2D eigenvalue weighted by Crippen LogP contribution is 2.46. The largest absolute Gasteiger partial charge is 0.493 e. The van der Waals surface area contributed by atoms with Crippen molar-refractivity contribution >= 4 is 34.6 Å². The number of nitrogens with one attached hydrogen (secondary N) is 1. The molecule has 0 amide bonds. The Morgan fingerprint density at radius 1 is 1.19 bits per heavy atom. The molecule has 0 spiro atoms. The second-order valence-corrected chi connectivity index (χ2v) is 7.89. The highest BCUT2D eigenvalue weighted by molar-refractivity contribution is 7.80. The molecule has 1 aliphatic heterocycles. The van der Waals surface area contributed by atoms with Crippen LogP contribution in [0.4, 0.5) is 0 Å². The number of rotatable bonds is 3. The van der Waals surface area contributed by atoms with E-state index < -0.39 is 5.92 Å². The van der Waals surface area contributed by atoms with E-state index in [-0.39, 0.29) is 17.1 Å². The number of Topliss-reactive ketones (excluding diaryl/α,β-unsaturated/α-hetero) is 1. The molecule has 0 radical (unpaired) electrons. The number of ether oxygens (including phenoxy) is 2. The molecular formula is C20H22N2O3S. The summed E-state index contributed by atoms with van der Waals surface area (Å²) < 4.78 is 10.7. The molecule has 136 valence electrons. The van der Waals surface area contributed by atoms with E-state index in [4.69, 9.17) is 27.1 Å². The summed E-state index contributed by atoms with van der Waals surface area (Å²) >= 11 is 5.42. The van der Waals surface area contributed by atoms with Crippen LogP contribution >= 0.6 is 12.2 Å². The summed E-state index contributed by atoms with van der Waals surface area (Å²) in [4.78, 5) is 17.8. The zero-order chi connectivity index (χ0) is 19.1. The third kappa shape index (κ3) is 3.11. The van der Waals surface area contributed by atoms with Gasteiger partial charge < -0.3 is 9.47 Å². The third-order valence-electron chi connectivity index (χ3n) is 5.04. The summed E-state index contributed by atoms with van der Waals surface area (Å²) in [5.74, 6) is 2.99. The molecule has 2 aliphatic rings. The third-order valence-corrected chi connectivity index (χ3v) is 5.35. The fourth-order valence-corrected chi connectivity index (χ4v) is 4.24. The van der Waals surface area contributed by atoms with Gasteiger partial charge in [-0.3, -0.25) is 10.2 Å². The summed E-state index contributed by atoms with van der Waals surface area (Å²) in [5, 5.41) is 7.72. The number of aliphatic imine (C=N–C) groups is 1. The number of hydrogen-bond acceptors (Lipinski definition) is 5. The van der Waals surface area contributed by atoms with E-state index in [1.807, 2.05) is 12.1 Å². The molecular weight excluding hydrogens is 348 g/mol. The van der Waals surface area contributed by atoms with Crippen molar-refractivity contribution in [3.05, 3.63) is 29.3 Å². The van der Waals surface area contributed by atoms with Crippen LogP contribution in [0.15, 0.2) is 28.8 Å². The van der Waals surface area contributed by atoms with Crippen molar-refractivity contribution in [3.8, 4) is 11.5 Å². The minimum atomic E-state index is -0.402. The van der Waals surface area contributed by atoms with Crippen LogP contribution in [-0.4, -0.2) is 36.6 Å². The molecule has 1 aromatic rings. The van der Waals surface area contributed by atoms with Crippen LogP contribution in [0.5, 0.6) is 11.5 Å². The van der Waals surface area contributed by atoms with E-state index in [2.05, 4.69) is 24.7 Å². The summed E-state index contributed by atoms with van der Waals surface area (Å²) in [6.07, 6.45) is 1.21. The van der Waals surface area contributed by atoms with E-state index in [0.29, 0.717) is 28.5 Å². The van der Waals surface area contributed by atoms with Crippen molar-refractivity contribution in [2.75, 3.05) is 14.2 Å². The smallest absolute Gasteiger partial charge is 0.161 e. The predicted octanol–water partition coefficient (Wildman–Crippen LogP) is 3.75. The predicted molar refractivity (Wildman–Crippen MR) is 105 cm³/mol. The first-order valence-electron chi connectivity index (χ1n) is 8.47. The normalized spacial score (nSPS) is 24.5. The first-order valence-corrected chi connectivity index (χ1v) is 8.88. The molecule has 0 bridgehead atoms. The molecule has 1 heterocycles. The van der Waals surface area contributed by atoms with Crippen LogP contribution in [0.1, 0.15) is 38.2 Å². The fraction of sp³-hybridized carbons (Fsp3) is 0.450. The number of carbonyl (C=O) groups is 1. The summed E-state index contributed by atoms with van der Waals surface area (Å²) in [6, 6.07) is 5.54. The molecule has 6 heteroatoms. The number of thiocarbonyl (C=S) groups is 1. The van der Waals surface area contributed by atoms with Crippen molar-refractivity contribution < 1.29 is 14.3 Å². The number of ketones is 1. The molecule has 0 aromatic heterocycles. The number of nitrogens with zero attached hydrogens (tertiary/aromatic N) is 1. The molecule has 5 nitrogen and oxygen atoms in total. The average Bonchev–Trinajstić information content (AvgIpc) is 2.58. The van der Waals surface area contributed by atoms with Crippen molar-refractivity contribution in [2.24, 2.45) is 16.3 Å². The van der Waals surface area contributed by atoms with Gasteiger partial charge in [0.05, 0.1) is 25.7 Å². The molecule has 1 unspecified atom stereocenters. The summed E-state index contributed by atoms with van der Waals surface area (Å²) in [5.41, 5.74) is 2.02. The maximum atomic E-state index is 13.0. The minimum absolute atomic E-state index is 0.129. The van der Waals surface area contributed by atoms with Crippen LogP contribution < -0.4 is 9.47 Å².